The van der Waals surface area contributed by atoms with E-state index in [4.69, 9.17) is 4.11 Å². The third-order valence-corrected chi connectivity index (χ3v) is 5.37. The Balaban J connectivity index is 3.88. The second-order valence-corrected chi connectivity index (χ2v) is 9.19. The molecule has 1 atom stereocenters. The van der Waals surface area contributed by atoms with Crippen LogP contribution >= 0.6 is 0 Å². The van der Waals surface area contributed by atoms with Crippen LogP contribution in [-0.4, -0.2) is 54.6 Å². The Kier molecular flexibility index (Phi) is 14.9. The van der Waals surface area contributed by atoms with Crippen LogP contribution in [0.25, 0.3) is 0 Å². The first-order valence-corrected chi connectivity index (χ1v) is 12.1. The van der Waals surface area contributed by atoms with E-state index in [2.05, 4.69) is 6.92 Å². The topological polar surface area (TPSA) is 77.4 Å². The second-order valence-electron chi connectivity index (χ2n) is 9.19. The smallest absolute Gasteiger partial charge is 0.186 e. The van der Waals surface area contributed by atoms with Crippen molar-refractivity contribution >= 4 is 11.8 Å². The average molecular weight is 431 g/mol. The number of likely N-dealkylation sites (N-methyl/N-ethyl adjacent to an activating group) is 1. The molecular formula is C25H49NO4. The molecule has 0 aliphatic heterocycles. The van der Waals surface area contributed by atoms with E-state index in [1.54, 1.807) is 0 Å². The SMILES string of the molecule is [2H]C(O)(CC(=O)[O-])C([2H])([2H])[N+](C)(C)CC(=O)CCCCCCCCCCCCCCCCC. The van der Waals surface area contributed by atoms with Gasteiger partial charge in [-0.2, -0.15) is 0 Å². The molecule has 30 heavy (non-hydrogen) atoms. The molecule has 0 aliphatic carbocycles. The summed E-state index contributed by atoms with van der Waals surface area (Å²) in [6, 6.07) is 0. The molecule has 0 saturated carbocycles. The van der Waals surface area contributed by atoms with Gasteiger partial charge in [-0.3, -0.25) is 4.79 Å². The van der Waals surface area contributed by atoms with E-state index in [9.17, 15) is 19.8 Å². The molecule has 0 fully saturated rings. The molecule has 1 unspecified atom stereocenters. The number of carbonyl (C=O) groups is 2. The summed E-state index contributed by atoms with van der Waals surface area (Å²) >= 11 is 0. The Morgan fingerprint density at radius 3 is 1.67 bits per heavy atom. The minimum Gasteiger partial charge on any atom is -0.550 e. The maximum Gasteiger partial charge on any atom is 0.186 e. The van der Waals surface area contributed by atoms with E-state index in [1.807, 2.05) is 0 Å². The predicted octanol–water partition coefficient (Wildman–Crippen LogP) is 4.39. The predicted molar refractivity (Wildman–Crippen MR) is 122 cm³/mol. The first kappa shape index (κ1) is 23.7. The van der Waals surface area contributed by atoms with Crippen molar-refractivity contribution in [2.75, 3.05) is 27.1 Å². The minimum absolute atomic E-state index is 0.150. The fraction of sp³-hybridized carbons (Fsp3) is 0.920. The molecule has 178 valence electrons. The van der Waals surface area contributed by atoms with Gasteiger partial charge in [0.05, 0.1) is 18.2 Å². The lowest BCUT2D eigenvalue weighted by molar-refractivity contribution is -0.885. The summed E-state index contributed by atoms with van der Waals surface area (Å²) in [6.45, 7) is -0.603. The van der Waals surface area contributed by atoms with Gasteiger partial charge in [-0.05, 0) is 6.42 Å². The summed E-state index contributed by atoms with van der Waals surface area (Å²) in [7, 11) is 2.78. The van der Waals surface area contributed by atoms with Gasteiger partial charge in [0.1, 0.15) is 19.1 Å². The number of ketones is 1. The minimum atomic E-state index is -2.88. The van der Waals surface area contributed by atoms with Gasteiger partial charge in [0.2, 0.25) is 0 Å². The van der Waals surface area contributed by atoms with Crippen molar-refractivity contribution in [3.63, 3.8) is 0 Å². The molecule has 0 amide bonds. The number of unbranched alkanes of at least 4 members (excludes halogenated alkanes) is 14. The first-order valence-electron chi connectivity index (χ1n) is 13.6. The van der Waals surface area contributed by atoms with E-state index in [1.165, 1.54) is 91.1 Å². The number of hydrogen-bond donors (Lipinski definition) is 1. The van der Waals surface area contributed by atoms with Crippen molar-refractivity contribution in [1.29, 1.82) is 0 Å². The molecule has 0 radical (unpaired) electrons. The lowest BCUT2D eigenvalue weighted by atomic mass is 10.0. The van der Waals surface area contributed by atoms with Gasteiger partial charge in [0.25, 0.3) is 0 Å². The van der Waals surface area contributed by atoms with Gasteiger partial charge in [-0.1, -0.05) is 96.8 Å². The molecule has 0 aromatic rings. The Morgan fingerprint density at radius 1 is 0.867 bits per heavy atom. The van der Waals surface area contributed by atoms with Crippen molar-refractivity contribution in [2.24, 2.45) is 0 Å². The maximum absolute atomic E-state index is 12.3. The number of rotatable bonds is 22. The van der Waals surface area contributed by atoms with Crippen LogP contribution in [0.1, 0.15) is 120 Å². The van der Waals surface area contributed by atoms with Crippen molar-refractivity contribution in [3.8, 4) is 0 Å². The molecule has 0 aliphatic rings. The number of aliphatic hydroxyl groups is 1. The number of aliphatic carboxylic acids is 1. The molecule has 0 aromatic carbocycles. The van der Waals surface area contributed by atoms with Crippen LogP contribution in [0.4, 0.5) is 0 Å². The van der Waals surface area contributed by atoms with Crippen molar-refractivity contribution in [1.82, 2.24) is 0 Å². The Labute approximate surface area is 190 Å². The van der Waals surface area contributed by atoms with Crippen LogP contribution < -0.4 is 5.11 Å². The van der Waals surface area contributed by atoms with E-state index < -0.39 is 29.5 Å². The number of Topliss-reactive ketones (excluding diaryl/α,β-unsaturated/α-hetero) is 1. The highest BCUT2D eigenvalue weighted by atomic mass is 16.4. The molecule has 0 saturated heterocycles. The zero-order valence-electron chi connectivity index (χ0n) is 22.8. The lowest BCUT2D eigenvalue weighted by Gasteiger charge is -2.31. The molecule has 0 bridgehead atoms. The third-order valence-electron chi connectivity index (χ3n) is 5.37. The Hall–Kier alpha value is -0.940. The number of hydrogen-bond acceptors (Lipinski definition) is 4. The fourth-order valence-electron chi connectivity index (χ4n) is 3.78. The van der Waals surface area contributed by atoms with E-state index in [-0.39, 0.29) is 12.3 Å². The summed E-state index contributed by atoms with van der Waals surface area (Å²) < 4.78 is 23.2. The van der Waals surface area contributed by atoms with Gasteiger partial charge in [-0.15, -0.1) is 0 Å². The van der Waals surface area contributed by atoms with Crippen molar-refractivity contribution < 1.29 is 28.4 Å². The molecule has 0 spiro atoms. The van der Waals surface area contributed by atoms with Gasteiger partial charge in [0.15, 0.2) is 5.78 Å². The zero-order chi connectivity index (χ0) is 25.4. The molecule has 1 N–H and O–H groups in total. The maximum atomic E-state index is 12.3. The highest BCUT2D eigenvalue weighted by molar-refractivity contribution is 5.79. The van der Waals surface area contributed by atoms with Crippen molar-refractivity contribution in [2.45, 2.75) is 122 Å². The number of nitrogens with zero attached hydrogens (tertiary/aromatic N) is 1. The van der Waals surface area contributed by atoms with Gasteiger partial charge in [0, 0.05) is 18.8 Å². The summed E-state index contributed by atoms with van der Waals surface area (Å²) in [4.78, 5) is 23.1. The second kappa shape index (κ2) is 18.8. The molecule has 0 heterocycles. The van der Waals surface area contributed by atoms with Crippen LogP contribution in [0.15, 0.2) is 0 Å². The molecule has 0 aromatic heterocycles. The zero-order valence-corrected chi connectivity index (χ0v) is 19.8. The number of carbonyl (C=O) groups excluding carboxylic acids is 2. The van der Waals surface area contributed by atoms with Crippen LogP contribution in [-0.2, 0) is 9.59 Å². The normalized spacial score (nSPS) is 15.8. The largest absolute Gasteiger partial charge is 0.550 e. The van der Waals surface area contributed by atoms with Gasteiger partial charge in [-0.25, -0.2) is 0 Å². The summed E-state index contributed by atoms with van der Waals surface area (Å²) in [6.07, 6.45) is 14.9. The highest BCUT2D eigenvalue weighted by Gasteiger charge is 2.23. The first-order chi connectivity index (χ1) is 15.4. The quantitative estimate of drug-likeness (QED) is 0.204. The van der Waals surface area contributed by atoms with Crippen LogP contribution in [0.5, 0.6) is 0 Å². The summed E-state index contributed by atoms with van der Waals surface area (Å²) in [5.41, 5.74) is 0. The van der Waals surface area contributed by atoms with Gasteiger partial charge >= 0.3 is 0 Å². The molecule has 5 nitrogen and oxygen atoms in total. The Bertz CT molecular complexity index is 554. The summed E-state index contributed by atoms with van der Waals surface area (Å²) in [5, 5.41) is 20.8. The number of quaternary nitrogens is 1. The van der Waals surface area contributed by atoms with Crippen molar-refractivity contribution in [3.05, 3.63) is 0 Å². The molecule has 0 rings (SSSR count). The van der Waals surface area contributed by atoms with Crippen LogP contribution in [0.2, 0.25) is 0 Å². The monoisotopic (exact) mass is 430 g/mol. The van der Waals surface area contributed by atoms with Crippen LogP contribution in [0, 0.1) is 0 Å². The molecular weight excluding hydrogens is 378 g/mol. The Morgan fingerprint density at radius 2 is 1.27 bits per heavy atom. The number of carboxylic acid groups (broad SMARTS) is 1. The standard InChI is InChI=1S/C25H49NO4/c1-4-5-6-7-8-9-10-11-12-13-14-15-16-17-18-19-23(27)21-26(2,3)22-24(28)20-25(29)30/h24,28H,4-22H2,1-3H3/i22D2,24D. The molecule has 5 heteroatoms. The fourth-order valence-corrected chi connectivity index (χ4v) is 3.78. The third kappa shape index (κ3) is 20.3. The van der Waals surface area contributed by atoms with E-state index in [0.717, 1.165) is 19.3 Å². The van der Waals surface area contributed by atoms with Crippen LogP contribution in [0.3, 0.4) is 0 Å². The summed E-state index contributed by atoms with van der Waals surface area (Å²) in [5.74, 6) is -1.86. The number of carboxylic acids is 1. The van der Waals surface area contributed by atoms with Gasteiger partial charge < -0.3 is 19.5 Å². The highest BCUT2D eigenvalue weighted by Crippen LogP contribution is 2.14. The van der Waals surface area contributed by atoms with E-state index in [0.29, 0.717) is 6.42 Å². The van der Waals surface area contributed by atoms with E-state index >= 15 is 0 Å². The lowest BCUT2D eigenvalue weighted by Crippen LogP contribution is -2.49. The average Bonchev–Trinajstić information content (AvgIpc) is 2.69.